The van der Waals surface area contributed by atoms with Crippen LogP contribution in [0.1, 0.15) is 29.7 Å². The van der Waals surface area contributed by atoms with Crippen molar-refractivity contribution in [3.8, 4) is 5.75 Å². The van der Waals surface area contributed by atoms with Gasteiger partial charge in [-0.1, -0.05) is 23.8 Å². The molecule has 2 aromatic carbocycles. The van der Waals surface area contributed by atoms with Crippen LogP contribution in [0.3, 0.4) is 0 Å². The summed E-state index contributed by atoms with van der Waals surface area (Å²) in [6.07, 6.45) is 0. The quantitative estimate of drug-likeness (QED) is 0.919. The van der Waals surface area contributed by atoms with Gasteiger partial charge in [0.15, 0.2) is 0 Å². The van der Waals surface area contributed by atoms with E-state index in [2.05, 4.69) is 4.72 Å². The van der Waals surface area contributed by atoms with E-state index in [4.69, 9.17) is 4.74 Å². The SMILES string of the molecule is COc1ccc(S(=O)(=O)NC(C)c2cc(C)ccc2C)cc1. The average molecular weight is 319 g/mol. The molecule has 0 radical (unpaired) electrons. The Morgan fingerprint density at radius 3 is 2.27 bits per heavy atom. The molecule has 0 bridgehead atoms. The van der Waals surface area contributed by atoms with E-state index < -0.39 is 10.0 Å². The second-order valence-corrected chi connectivity index (χ2v) is 7.09. The van der Waals surface area contributed by atoms with Crippen LogP contribution in [-0.2, 0) is 10.0 Å². The van der Waals surface area contributed by atoms with Gasteiger partial charge in [0.1, 0.15) is 5.75 Å². The average Bonchev–Trinajstić information content (AvgIpc) is 2.49. The summed E-state index contributed by atoms with van der Waals surface area (Å²) in [5.74, 6) is 0.626. The molecule has 22 heavy (non-hydrogen) atoms. The first kappa shape index (κ1) is 16.5. The van der Waals surface area contributed by atoms with Gasteiger partial charge >= 0.3 is 0 Å². The molecule has 0 fully saturated rings. The Kier molecular flexibility index (Phi) is 4.88. The maximum Gasteiger partial charge on any atom is 0.241 e. The summed E-state index contributed by atoms with van der Waals surface area (Å²) >= 11 is 0. The first-order valence-corrected chi connectivity index (χ1v) is 8.55. The summed E-state index contributed by atoms with van der Waals surface area (Å²) in [6.45, 7) is 5.82. The molecule has 2 aromatic rings. The van der Waals surface area contributed by atoms with E-state index in [0.29, 0.717) is 5.75 Å². The largest absolute Gasteiger partial charge is 0.497 e. The minimum absolute atomic E-state index is 0.227. The third kappa shape index (κ3) is 3.67. The fourth-order valence-corrected chi connectivity index (χ4v) is 3.57. The number of hydrogen-bond donors (Lipinski definition) is 1. The van der Waals surface area contributed by atoms with Crippen molar-refractivity contribution in [2.45, 2.75) is 31.7 Å². The number of hydrogen-bond acceptors (Lipinski definition) is 3. The second-order valence-electron chi connectivity index (χ2n) is 5.38. The van der Waals surface area contributed by atoms with Crippen molar-refractivity contribution in [2.75, 3.05) is 7.11 Å². The predicted molar refractivity (Wildman–Crippen MR) is 87.6 cm³/mol. The summed E-state index contributed by atoms with van der Waals surface area (Å²) in [5.41, 5.74) is 3.16. The van der Waals surface area contributed by atoms with E-state index in [1.165, 1.54) is 12.1 Å². The molecule has 0 aliphatic heterocycles. The van der Waals surface area contributed by atoms with Gasteiger partial charge in [-0.25, -0.2) is 13.1 Å². The van der Waals surface area contributed by atoms with Crippen molar-refractivity contribution in [2.24, 2.45) is 0 Å². The molecule has 0 aliphatic rings. The third-order valence-corrected chi connectivity index (χ3v) is 5.16. The van der Waals surface area contributed by atoms with E-state index in [1.807, 2.05) is 39.0 Å². The molecule has 118 valence electrons. The zero-order valence-corrected chi connectivity index (χ0v) is 14.1. The van der Waals surface area contributed by atoms with Crippen LogP contribution in [0.5, 0.6) is 5.75 Å². The third-order valence-electron chi connectivity index (χ3n) is 3.60. The molecule has 0 saturated heterocycles. The fraction of sp³-hybridized carbons (Fsp3) is 0.294. The van der Waals surface area contributed by atoms with Gasteiger partial charge in [0.25, 0.3) is 0 Å². The lowest BCUT2D eigenvalue weighted by Crippen LogP contribution is -2.27. The summed E-state index contributed by atoms with van der Waals surface area (Å²) in [7, 11) is -2.02. The van der Waals surface area contributed by atoms with Crippen molar-refractivity contribution in [3.05, 3.63) is 59.2 Å². The highest BCUT2D eigenvalue weighted by molar-refractivity contribution is 7.89. The van der Waals surface area contributed by atoms with Gasteiger partial charge in [-0.15, -0.1) is 0 Å². The predicted octanol–water partition coefficient (Wildman–Crippen LogP) is 3.35. The minimum Gasteiger partial charge on any atom is -0.497 e. The normalized spacial score (nSPS) is 12.9. The summed E-state index contributed by atoms with van der Waals surface area (Å²) in [4.78, 5) is 0.227. The van der Waals surface area contributed by atoms with Crippen molar-refractivity contribution in [3.63, 3.8) is 0 Å². The number of methoxy groups -OCH3 is 1. The molecule has 0 aliphatic carbocycles. The van der Waals surface area contributed by atoms with Crippen LogP contribution >= 0.6 is 0 Å². The Hall–Kier alpha value is -1.85. The van der Waals surface area contributed by atoms with Gasteiger partial charge < -0.3 is 4.74 Å². The van der Waals surface area contributed by atoms with E-state index >= 15 is 0 Å². The van der Waals surface area contributed by atoms with Gasteiger partial charge in [0, 0.05) is 6.04 Å². The highest BCUT2D eigenvalue weighted by Gasteiger charge is 2.19. The summed E-state index contributed by atoms with van der Waals surface area (Å²) in [6, 6.07) is 12.1. The maximum absolute atomic E-state index is 12.5. The van der Waals surface area contributed by atoms with Crippen molar-refractivity contribution < 1.29 is 13.2 Å². The van der Waals surface area contributed by atoms with E-state index in [0.717, 1.165) is 16.7 Å². The fourth-order valence-electron chi connectivity index (χ4n) is 2.35. The number of sulfonamides is 1. The lowest BCUT2D eigenvalue weighted by atomic mass is 10.0. The number of ether oxygens (including phenoxy) is 1. The number of benzene rings is 2. The molecule has 0 saturated carbocycles. The van der Waals surface area contributed by atoms with Crippen molar-refractivity contribution >= 4 is 10.0 Å². The van der Waals surface area contributed by atoms with Gasteiger partial charge in [-0.3, -0.25) is 0 Å². The Bertz CT molecular complexity index is 752. The van der Waals surface area contributed by atoms with Crippen LogP contribution in [0.2, 0.25) is 0 Å². The molecular weight excluding hydrogens is 298 g/mol. The lowest BCUT2D eigenvalue weighted by Gasteiger charge is -2.17. The van der Waals surface area contributed by atoms with Crippen LogP contribution < -0.4 is 9.46 Å². The highest BCUT2D eigenvalue weighted by atomic mass is 32.2. The van der Waals surface area contributed by atoms with E-state index in [-0.39, 0.29) is 10.9 Å². The molecule has 0 aromatic heterocycles. The van der Waals surface area contributed by atoms with Crippen LogP contribution in [0.25, 0.3) is 0 Å². The smallest absolute Gasteiger partial charge is 0.241 e. The van der Waals surface area contributed by atoms with E-state index in [1.54, 1.807) is 19.2 Å². The Balaban J connectivity index is 2.25. The lowest BCUT2D eigenvalue weighted by molar-refractivity contribution is 0.414. The molecule has 4 nitrogen and oxygen atoms in total. The zero-order valence-electron chi connectivity index (χ0n) is 13.3. The molecule has 0 heterocycles. The van der Waals surface area contributed by atoms with Crippen LogP contribution in [0.4, 0.5) is 0 Å². The summed E-state index contributed by atoms with van der Waals surface area (Å²) < 4.78 is 32.7. The maximum atomic E-state index is 12.5. The van der Waals surface area contributed by atoms with Crippen molar-refractivity contribution in [1.29, 1.82) is 0 Å². The highest BCUT2D eigenvalue weighted by Crippen LogP contribution is 2.22. The van der Waals surface area contributed by atoms with Crippen molar-refractivity contribution in [1.82, 2.24) is 4.72 Å². The Morgan fingerprint density at radius 1 is 1.05 bits per heavy atom. The minimum atomic E-state index is -3.57. The first-order valence-electron chi connectivity index (χ1n) is 7.07. The molecule has 1 N–H and O–H groups in total. The molecule has 2 rings (SSSR count). The Labute approximate surface area is 132 Å². The molecule has 1 unspecified atom stereocenters. The first-order chi connectivity index (χ1) is 10.3. The Morgan fingerprint density at radius 2 is 1.68 bits per heavy atom. The topological polar surface area (TPSA) is 55.4 Å². The van der Waals surface area contributed by atoms with Crippen LogP contribution in [-0.4, -0.2) is 15.5 Å². The molecule has 0 amide bonds. The number of aryl methyl sites for hydroxylation is 2. The standard InChI is InChI=1S/C17H21NO3S/c1-12-5-6-13(2)17(11-12)14(3)18-22(19,20)16-9-7-15(21-4)8-10-16/h5-11,14,18H,1-4H3. The van der Waals surface area contributed by atoms with Gasteiger partial charge in [0.05, 0.1) is 12.0 Å². The van der Waals surface area contributed by atoms with Crippen LogP contribution in [0, 0.1) is 13.8 Å². The number of rotatable bonds is 5. The van der Waals surface area contributed by atoms with Gasteiger partial charge in [-0.05, 0) is 56.2 Å². The molecular formula is C17H21NO3S. The van der Waals surface area contributed by atoms with E-state index in [9.17, 15) is 8.42 Å². The summed E-state index contributed by atoms with van der Waals surface area (Å²) in [5, 5.41) is 0. The second kappa shape index (κ2) is 6.50. The molecule has 0 spiro atoms. The molecule has 1 atom stereocenters. The zero-order chi connectivity index (χ0) is 16.3. The monoisotopic (exact) mass is 319 g/mol. The van der Waals surface area contributed by atoms with Gasteiger partial charge in [-0.2, -0.15) is 0 Å². The van der Waals surface area contributed by atoms with Gasteiger partial charge in [0.2, 0.25) is 10.0 Å². The van der Waals surface area contributed by atoms with Crippen LogP contribution in [0.15, 0.2) is 47.4 Å². The molecule has 5 heteroatoms. The number of nitrogens with one attached hydrogen (secondary N) is 1.